The van der Waals surface area contributed by atoms with Gasteiger partial charge in [0.15, 0.2) is 0 Å². The highest BCUT2D eigenvalue weighted by molar-refractivity contribution is 7.89. The van der Waals surface area contributed by atoms with Crippen LogP contribution in [-0.2, 0) is 23.1 Å². The van der Waals surface area contributed by atoms with Crippen molar-refractivity contribution in [1.82, 2.24) is 23.6 Å². The predicted octanol–water partition coefficient (Wildman–Crippen LogP) is 2.70. The normalized spacial score (nSPS) is 12.2. The lowest BCUT2D eigenvalue weighted by molar-refractivity contribution is 0.486. The standard InChI is InChI=1S/C21H22FN5O4S/c1-4-11-26-18-10-9-16(32(29,30)25(2)3)12-17(18)23-19(26)13-27-21(28)31-20(24-27)14-5-7-15(22)8-6-14/h5-10,12H,4,11,13H2,1-3H3. The van der Waals surface area contributed by atoms with Gasteiger partial charge in [0.1, 0.15) is 18.2 Å². The van der Waals surface area contributed by atoms with Gasteiger partial charge in [-0.3, -0.25) is 0 Å². The van der Waals surface area contributed by atoms with E-state index in [0.717, 1.165) is 20.9 Å². The Morgan fingerprint density at radius 1 is 1.12 bits per heavy atom. The van der Waals surface area contributed by atoms with E-state index in [1.807, 2.05) is 11.5 Å². The van der Waals surface area contributed by atoms with E-state index in [0.29, 0.717) is 23.4 Å². The molecule has 32 heavy (non-hydrogen) atoms. The van der Waals surface area contributed by atoms with Crippen LogP contribution in [0.2, 0.25) is 0 Å². The van der Waals surface area contributed by atoms with Gasteiger partial charge in [-0.25, -0.2) is 26.9 Å². The van der Waals surface area contributed by atoms with Crippen LogP contribution in [0.4, 0.5) is 4.39 Å². The van der Waals surface area contributed by atoms with Gasteiger partial charge in [0.25, 0.3) is 0 Å². The third-order valence-electron chi connectivity index (χ3n) is 5.01. The summed E-state index contributed by atoms with van der Waals surface area (Å²) in [6.45, 7) is 2.67. The summed E-state index contributed by atoms with van der Waals surface area (Å²) in [5.41, 5.74) is 1.74. The summed E-state index contributed by atoms with van der Waals surface area (Å²) in [6, 6.07) is 10.3. The Hall–Kier alpha value is -3.31. The van der Waals surface area contributed by atoms with Crippen molar-refractivity contribution in [1.29, 1.82) is 0 Å². The molecular formula is C21H22FN5O4S. The van der Waals surface area contributed by atoms with Crippen molar-refractivity contribution >= 4 is 21.1 Å². The van der Waals surface area contributed by atoms with E-state index in [-0.39, 0.29) is 17.3 Å². The quantitative estimate of drug-likeness (QED) is 0.421. The average Bonchev–Trinajstić information content (AvgIpc) is 3.29. The highest BCUT2D eigenvalue weighted by Gasteiger charge is 2.20. The van der Waals surface area contributed by atoms with E-state index in [2.05, 4.69) is 10.1 Å². The first-order valence-corrected chi connectivity index (χ1v) is 11.4. The van der Waals surface area contributed by atoms with Crippen LogP contribution in [0.5, 0.6) is 0 Å². The zero-order valence-corrected chi connectivity index (χ0v) is 18.6. The lowest BCUT2D eigenvalue weighted by atomic mass is 10.2. The van der Waals surface area contributed by atoms with Gasteiger partial charge in [-0.15, -0.1) is 5.10 Å². The number of hydrogen-bond acceptors (Lipinski definition) is 6. The largest absolute Gasteiger partial charge is 0.437 e. The molecule has 0 bridgehead atoms. The molecule has 11 heteroatoms. The molecule has 0 amide bonds. The maximum atomic E-state index is 13.2. The van der Waals surface area contributed by atoms with Crippen molar-refractivity contribution < 1.29 is 17.2 Å². The number of hydrogen-bond donors (Lipinski definition) is 0. The van der Waals surface area contributed by atoms with Crippen molar-refractivity contribution in [3.63, 3.8) is 0 Å². The molecule has 168 valence electrons. The molecule has 0 atom stereocenters. The fourth-order valence-electron chi connectivity index (χ4n) is 3.37. The number of halogens is 1. The monoisotopic (exact) mass is 459 g/mol. The highest BCUT2D eigenvalue weighted by Crippen LogP contribution is 2.23. The van der Waals surface area contributed by atoms with Crippen LogP contribution >= 0.6 is 0 Å². The van der Waals surface area contributed by atoms with E-state index in [9.17, 15) is 17.6 Å². The van der Waals surface area contributed by atoms with Gasteiger partial charge < -0.3 is 8.98 Å². The van der Waals surface area contributed by atoms with Gasteiger partial charge in [-0.05, 0) is 48.9 Å². The highest BCUT2D eigenvalue weighted by atomic mass is 32.2. The van der Waals surface area contributed by atoms with Gasteiger partial charge in [0.05, 0.1) is 15.9 Å². The van der Waals surface area contributed by atoms with Crippen LogP contribution in [0.25, 0.3) is 22.5 Å². The van der Waals surface area contributed by atoms with Crippen LogP contribution in [0.1, 0.15) is 19.2 Å². The van der Waals surface area contributed by atoms with Crippen molar-refractivity contribution in [2.45, 2.75) is 31.3 Å². The predicted molar refractivity (Wildman–Crippen MR) is 116 cm³/mol. The molecule has 2 aromatic carbocycles. The molecule has 0 fully saturated rings. The second-order valence-corrected chi connectivity index (χ2v) is 9.61. The Morgan fingerprint density at radius 3 is 2.50 bits per heavy atom. The summed E-state index contributed by atoms with van der Waals surface area (Å²) in [6.07, 6.45) is 0.810. The number of benzene rings is 2. The molecule has 0 saturated heterocycles. The molecule has 2 heterocycles. The summed E-state index contributed by atoms with van der Waals surface area (Å²) in [7, 11) is -0.668. The molecule has 0 unspecified atom stereocenters. The third-order valence-corrected chi connectivity index (χ3v) is 6.82. The van der Waals surface area contributed by atoms with Gasteiger partial charge in [0.2, 0.25) is 15.9 Å². The van der Waals surface area contributed by atoms with Crippen molar-refractivity contribution in [2.24, 2.45) is 0 Å². The van der Waals surface area contributed by atoms with E-state index in [4.69, 9.17) is 4.42 Å². The van der Waals surface area contributed by atoms with E-state index in [1.54, 1.807) is 12.1 Å². The minimum atomic E-state index is -3.61. The molecule has 0 N–H and O–H groups in total. The maximum Gasteiger partial charge on any atom is 0.437 e. The second-order valence-electron chi connectivity index (χ2n) is 7.46. The van der Waals surface area contributed by atoms with E-state index >= 15 is 0 Å². The van der Waals surface area contributed by atoms with Crippen LogP contribution < -0.4 is 5.76 Å². The molecule has 4 rings (SSSR count). The summed E-state index contributed by atoms with van der Waals surface area (Å²) < 4.78 is 47.6. The Balaban J connectivity index is 1.75. The van der Waals surface area contributed by atoms with Crippen LogP contribution in [0.3, 0.4) is 0 Å². The van der Waals surface area contributed by atoms with E-state index in [1.165, 1.54) is 44.4 Å². The molecule has 0 radical (unpaired) electrons. The Kier molecular flexibility index (Phi) is 5.70. The van der Waals surface area contributed by atoms with Gasteiger partial charge >= 0.3 is 5.76 Å². The van der Waals surface area contributed by atoms with Crippen molar-refractivity contribution in [3.05, 3.63) is 64.7 Å². The molecule has 0 aliphatic rings. The number of sulfonamides is 1. The first kappa shape index (κ1) is 21.9. The summed E-state index contributed by atoms with van der Waals surface area (Å²) in [4.78, 5) is 17.1. The first-order chi connectivity index (χ1) is 15.2. The molecule has 4 aromatic rings. The van der Waals surface area contributed by atoms with Gasteiger partial charge in [-0.2, -0.15) is 4.68 Å². The smallest absolute Gasteiger partial charge is 0.388 e. The Morgan fingerprint density at radius 2 is 1.84 bits per heavy atom. The van der Waals surface area contributed by atoms with Gasteiger partial charge in [0, 0.05) is 26.2 Å². The second kappa shape index (κ2) is 8.32. The lowest BCUT2D eigenvalue weighted by Gasteiger charge is -2.11. The van der Waals surface area contributed by atoms with Crippen LogP contribution in [-0.4, -0.2) is 46.1 Å². The zero-order valence-electron chi connectivity index (χ0n) is 17.8. The molecule has 0 spiro atoms. The molecule has 0 saturated carbocycles. The molecule has 0 aliphatic heterocycles. The number of nitrogens with zero attached hydrogens (tertiary/aromatic N) is 5. The fourth-order valence-corrected chi connectivity index (χ4v) is 4.30. The van der Waals surface area contributed by atoms with E-state index < -0.39 is 21.6 Å². The summed E-state index contributed by atoms with van der Waals surface area (Å²) in [5.74, 6) is -0.454. The number of imidazole rings is 1. The Labute approximate surface area is 183 Å². The number of fused-ring (bicyclic) bond motifs is 1. The maximum absolute atomic E-state index is 13.2. The van der Waals surface area contributed by atoms with Crippen molar-refractivity contribution in [3.8, 4) is 11.5 Å². The van der Waals surface area contributed by atoms with Crippen molar-refractivity contribution in [2.75, 3.05) is 14.1 Å². The number of aryl methyl sites for hydroxylation is 1. The van der Waals surface area contributed by atoms with Gasteiger partial charge in [-0.1, -0.05) is 6.92 Å². The third kappa shape index (κ3) is 3.96. The first-order valence-electron chi connectivity index (χ1n) is 9.96. The SMILES string of the molecule is CCCn1c(Cn2nc(-c3ccc(F)cc3)oc2=O)nc2cc(S(=O)(=O)N(C)C)ccc21. The minimum absolute atomic E-state index is 0.0357. The number of rotatable bonds is 7. The molecule has 9 nitrogen and oxygen atoms in total. The fraction of sp³-hybridized carbons (Fsp3) is 0.286. The topological polar surface area (TPSA) is 103 Å². The molecule has 0 aliphatic carbocycles. The van der Waals surface area contributed by atoms with Crippen LogP contribution in [0, 0.1) is 5.82 Å². The molecule has 2 aromatic heterocycles. The lowest BCUT2D eigenvalue weighted by Crippen LogP contribution is -2.22. The minimum Gasteiger partial charge on any atom is -0.388 e. The number of aromatic nitrogens is 4. The van der Waals surface area contributed by atoms with Crippen LogP contribution in [0.15, 0.2) is 56.6 Å². The summed E-state index contributed by atoms with van der Waals surface area (Å²) >= 11 is 0. The zero-order chi connectivity index (χ0) is 23.0. The Bertz CT molecular complexity index is 1440. The molecular weight excluding hydrogens is 437 g/mol. The average molecular weight is 460 g/mol. The summed E-state index contributed by atoms with van der Waals surface area (Å²) in [5, 5.41) is 4.22.